The van der Waals surface area contributed by atoms with Gasteiger partial charge in [-0.2, -0.15) is 5.10 Å². The number of anilines is 1. The van der Waals surface area contributed by atoms with Crippen LogP contribution in [-0.2, 0) is 20.8 Å². The van der Waals surface area contributed by atoms with E-state index in [1.165, 1.54) is 35.9 Å². The summed E-state index contributed by atoms with van der Waals surface area (Å²) in [5.74, 6) is -2.44. The summed E-state index contributed by atoms with van der Waals surface area (Å²) in [5, 5.41) is 6.94. The molecule has 1 N–H and O–H groups in total. The summed E-state index contributed by atoms with van der Waals surface area (Å²) in [6.45, 7) is 4.05. The van der Waals surface area contributed by atoms with E-state index in [0.29, 0.717) is 19.6 Å². The second kappa shape index (κ2) is 9.25. The van der Waals surface area contributed by atoms with Crippen molar-refractivity contribution in [1.29, 1.82) is 0 Å². The van der Waals surface area contributed by atoms with E-state index in [-0.39, 0.29) is 30.2 Å². The molecule has 1 aliphatic heterocycles. The Morgan fingerprint density at radius 1 is 1.32 bits per heavy atom. The van der Waals surface area contributed by atoms with Gasteiger partial charge in [-0.05, 0) is 32.4 Å². The first-order valence-corrected chi connectivity index (χ1v) is 9.94. The van der Waals surface area contributed by atoms with Crippen molar-refractivity contribution >= 4 is 23.5 Å². The molecule has 31 heavy (non-hydrogen) atoms. The molecule has 0 spiro atoms. The monoisotopic (exact) mass is 432 g/mol. The minimum absolute atomic E-state index is 0.0350. The predicted molar refractivity (Wildman–Crippen MR) is 109 cm³/mol. The largest absolute Gasteiger partial charge is 0.461 e. The van der Waals surface area contributed by atoms with Crippen molar-refractivity contribution in [2.24, 2.45) is 0 Å². The molecule has 0 aliphatic carbocycles. The molecule has 0 bridgehead atoms. The van der Waals surface area contributed by atoms with Crippen molar-refractivity contribution in [1.82, 2.24) is 15.1 Å². The van der Waals surface area contributed by atoms with E-state index in [9.17, 15) is 18.8 Å². The van der Waals surface area contributed by atoms with Crippen LogP contribution < -0.4 is 10.2 Å². The SMILES string of the molecule is CCOC(=O)c1cc2n(n1)CC(C)(C(=O)NCCCOC)N(c1ccccc1F)C2=O. The van der Waals surface area contributed by atoms with Gasteiger partial charge in [0.25, 0.3) is 5.91 Å². The highest BCUT2D eigenvalue weighted by Gasteiger charge is 2.49. The molecule has 2 heterocycles. The van der Waals surface area contributed by atoms with Gasteiger partial charge in [0.05, 0.1) is 18.8 Å². The molecule has 3 rings (SSSR count). The third-order valence-electron chi connectivity index (χ3n) is 5.03. The average Bonchev–Trinajstić information content (AvgIpc) is 3.16. The summed E-state index contributed by atoms with van der Waals surface area (Å²) in [6, 6.07) is 7.03. The molecule has 1 unspecified atom stereocenters. The number of carbonyl (C=O) groups is 3. The zero-order valence-electron chi connectivity index (χ0n) is 17.7. The highest BCUT2D eigenvalue weighted by Crippen LogP contribution is 2.34. The third kappa shape index (κ3) is 4.29. The Morgan fingerprint density at radius 3 is 2.74 bits per heavy atom. The Hall–Kier alpha value is -3.27. The average molecular weight is 432 g/mol. The molecule has 9 nitrogen and oxygen atoms in total. The van der Waals surface area contributed by atoms with E-state index < -0.39 is 29.1 Å². The maximum absolute atomic E-state index is 14.7. The molecular formula is C21H25FN4O5. The number of amides is 2. The van der Waals surface area contributed by atoms with Crippen LogP contribution in [0.2, 0.25) is 0 Å². The number of halogens is 1. The third-order valence-corrected chi connectivity index (χ3v) is 5.03. The fourth-order valence-corrected chi connectivity index (χ4v) is 3.51. The quantitative estimate of drug-likeness (QED) is 0.504. The molecule has 166 valence electrons. The molecule has 1 aromatic carbocycles. The summed E-state index contributed by atoms with van der Waals surface area (Å²) in [7, 11) is 1.56. The predicted octanol–water partition coefficient (Wildman–Crippen LogP) is 1.77. The zero-order chi connectivity index (χ0) is 22.6. The number of aromatic nitrogens is 2. The highest BCUT2D eigenvalue weighted by atomic mass is 19.1. The Bertz CT molecular complexity index is 992. The Morgan fingerprint density at radius 2 is 2.06 bits per heavy atom. The molecular weight excluding hydrogens is 407 g/mol. The van der Waals surface area contributed by atoms with Gasteiger partial charge in [-0.25, -0.2) is 9.18 Å². The van der Waals surface area contributed by atoms with Crippen LogP contribution in [0.4, 0.5) is 10.1 Å². The summed E-state index contributed by atoms with van der Waals surface area (Å²) < 4.78 is 25.9. The van der Waals surface area contributed by atoms with Crippen molar-refractivity contribution in [3.05, 3.63) is 47.5 Å². The number of nitrogens with zero attached hydrogens (tertiary/aromatic N) is 3. The van der Waals surface area contributed by atoms with Crippen LogP contribution in [-0.4, -0.2) is 60.0 Å². The maximum Gasteiger partial charge on any atom is 0.358 e. The van der Waals surface area contributed by atoms with Crippen LogP contribution >= 0.6 is 0 Å². The van der Waals surface area contributed by atoms with Gasteiger partial charge >= 0.3 is 5.97 Å². The molecule has 10 heteroatoms. The lowest BCUT2D eigenvalue weighted by molar-refractivity contribution is -0.126. The second-order valence-corrected chi connectivity index (χ2v) is 7.26. The van der Waals surface area contributed by atoms with Crippen molar-refractivity contribution < 1.29 is 28.2 Å². The molecule has 1 atom stereocenters. The second-order valence-electron chi connectivity index (χ2n) is 7.26. The lowest BCUT2D eigenvalue weighted by Gasteiger charge is -2.43. The first kappa shape index (κ1) is 22.4. The van der Waals surface area contributed by atoms with Gasteiger partial charge in [0.1, 0.15) is 17.1 Å². The van der Waals surface area contributed by atoms with Crippen LogP contribution in [0, 0.1) is 5.82 Å². The van der Waals surface area contributed by atoms with Gasteiger partial charge in [0.2, 0.25) is 5.91 Å². The summed E-state index contributed by atoms with van der Waals surface area (Å²) in [6.07, 6.45) is 0.575. The van der Waals surface area contributed by atoms with Gasteiger partial charge in [-0.15, -0.1) is 0 Å². The number of nitrogens with one attached hydrogen (secondary N) is 1. The van der Waals surface area contributed by atoms with Crippen LogP contribution in [0.1, 0.15) is 41.2 Å². The van der Waals surface area contributed by atoms with E-state index in [1.54, 1.807) is 20.1 Å². The number of hydrogen-bond donors (Lipinski definition) is 1. The van der Waals surface area contributed by atoms with Gasteiger partial charge in [-0.3, -0.25) is 19.2 Å². The molecule has 1 aromatic heterocycles. The number of carbonyl (C=O) groups excluding carboxylic acids is 3. The first-order valence-electron chi connectivity index (χ1n) is 9.94. The normalized spacial score (nSPS) is 17.9. The standard InChI is InChI=1S/C21H25FN4O5/c1-4-31-19(28)15-12-17-18(27)26(16-9-6-5-8-14(16)22)21(2,13-25(17)24-15)20(29)23-10-7-11-30-3/h5-6,8-9,12H,4,7,10-11,13H2,1-3H3,(H,23,29). The molecule has 2 aromatic rings. The Kier molecular flexibility index (Phi) is 6.69. The number of rotatable bonds is 8. The Balaban J connectivity index is 2.03. The van der Waals surface area contributed by atoms with Crippen LogP contribution in [0.15, 0.2) is 30.3 Å². The van der Waals surface area contributed by atoms with E-state index >= 15 is 0 Å². The lowest BCUT2D eigenvalue weighted by Crippen LogP contribution is -2.64. The van der Waals surface area contributed by atoms with E-state index in [1.807, 2.05) is 0 Å². The molecule has 0 saturated heterocycles. The maximum atomic E-state index is 14.7. The van der Waals surface area contributed by atoms with Gasteiger partial charge in [-0.1, -0.05) is 12.1 Å². The summed E-state index contributed by atoms with van der Waals surface area (Å²) in [4.78, 5) is 39.8. The number of benzene rings is 1. The lowest BCUT2D eigenvalue weighted by atomic mass is 9.94. The van der Waals surface area contributed by atoms with E-state index in [2.05, 4.69) is 10.4 Å². The number of para-hydroxylation sites is 1. The number of fused-ring (bicyclic) bond motifs is 1. The van der Waals surface area contributed by atoms with Crippen molar-refractivity contribution in [3.63, 3.8) is 0 Å². The topological polar surface area (TPSA) is 103 Å². The summed E-state index contributed by atoms with van der Waals surface area (Å²) >= 11 is 0. The minimum Gasteiger partial charge on any atom is -0.461 e. The van der Waals surface area contributed by atoms with E-state index in [0.717, 1.165) is 4.90 Å². The van der Waals surface area contributed by atoms with Crippen LogP contribution in [0.3, 0.4) is 0 Å². The van der Waals surface area contributed by atoms with Crippen molar-refractivity contribution in [2.45, 2.75) is 32.4 Å². The number of methoxy groups -OCH3 is 1. The van der Waals surface area contributed by atoms with Gasteiger partial charge in [0.15, 0.2) is 5.69 Å². The first-order chi connectivity index (χ1) is 14.8. The van der Waals surface area contributed by atoms with Gasteiger partial charge < -0.3 is 14.8 Å². The molecule has 0 saturated carbocycles. The fraction of sp³-hybridized carbons (Fsp3) is 0.429. The number of hydrogen-bond acceptors (Lipinski definition) is 6. The number of esters is 1. The number of ether oxygens (including phenoxy) is 2. The van der Waals surface area contributed by atoms with Crippen molar-refractivity contribution in [3.8, 4) is 0 Å². The zero-order valence-corrected chi connectivity index (χ0v) is 17.7. The molecule has 0 radical (unpaired) electrons. The molecule has 2 amide bonds. The van der Waals surface area contributed by atoms with Gasteiger partial charge in [0, 0.05) is 26.3 Å². The van der Waals surface area contributed by atoms with Crippen LogP contribution in [0.5, 0.6) is 0 Å². The van der Waals surface area contributed by atoms with E-state index in [4.69, 9.17) is 9.47 Å². The highest BCUT2D eigenvalue weighted by molar-refractivity contribution is 6.12. The smallest absolute Gasteiger partial charge is 0.358 e. The summed E-state index contributed by atoms with van der Waals surface area (Å²) in [5.41, 5.74) is -1.51. The van der Waals surface area contributed by atoms with Crippen molar-refractivity contribution in [2.75, 3.05) is 31.8 Å². The molecule has 1 aliphatic rings. The van der Waals surface area contributed by atoms with Crippen LogP contribution in [0.25, 0.3) is 0 Å². The Labute approximate surface area is 179 Å². The minimum atomic E-state index is -1.49. The molecule has 0 fully saturated rings. The fourth-order valence-electron chi connectivity index (χ4n) is 3.51.